The summed E-state index contributed by atoms with van der Waals surface area (Å²) >= 11 is 0. The smallest absolute Gasteiger partial charge is 0.345 e. The first-order chi connectivity index (χ1) is 17.5. The summed E-state index contributed by atoms with van der Waals surface area (Å²) in [7, 11) is 0. The van der Waals surface area contributed by atoms with Crippen molar-refractivity contribution in [3.63, 3.8) is 0 Å². The lowest BCUT2D eigenvalue weighted by molar-refractivity contribution is -0.144. The highest BCUT2D eigenvalue weighted by molar-refractivity contribution is 6.20. The molecule has 3 amide bonds. The van der Waals surface area contributed by atoms with Gasteiger partial charge in [0.2, 0.25) is 18.0 Å². The van der Waals surface area contributed by atoms with Crippen LogP contribution in [0, 0.1) is 5.92 Å². The third-order valence-electron chi connectivity index (χ3n) is 6.13. The average Bonchev–Trinajstić information content (AvgIpc) is 2.98. The van der Waals surface area contributed by atoms with Gasteiger partial charge in [0.1, 0.15) is 6.04 Å². The Morgan fingerprint density at radius 1 is 1.05 bits per heavy atom. The molecule has 0 fully saturated rings. The van der Waals surface area contributed by atoms with Gasteiger partial charge in [-0.15, -0.1) is 0 Å². The highest BCUT2D eigenvalue weighted by Crippen LogP contribution is 2.29. The molecule has 0 saturated carbocycles. The third kappa shape index (κ3) is 7.41. The van der Waals surface area contributed by atoms with Crippen molar-refractivity contribution < 1.29 is 27.6 Å². The molecule has 2 N–H and O–H groups in total. The van der Waals surface area contributed by atoms with E-state index in [1.54, 1.807) is 4.90 Å². The third-order valence-corrected chi connectivity index (χ3v) is 6.13. The van der Waals surface area contributed by atoms with Gasteiger partial charge in [0.15, 0.2) is 0 Å². The summed E-state index contributed by atoms with van der Waals surface area (Å²) in [6.07, 6.45) is -7.03. The van der Waals surface area contributed by atoms with Crippen molar-refractivity contribution in [3.05, 3.63) is 65.7 Å². The summed E-state index contributed by atoms with van der Waals surface area (Å²) in [6, 6.07) is 15.5. The number of hydrogen-bond donors (Lipinski definition) is 2. The quantitative estimate of drug-likeness (QED) is 0.523. The largest absolute Gasteiger partial charge is 0.389 e. The molecule has 198 valence electrons. The molecule has 3 atom stereocenters. The lowest BCUT2D eigenvalue weighted by atomic mass is 9.99. The second-order valence-corrected chi connectivity index (χ2v) is 9.14. The molecule has 0 radical (unpaired) electrons. The number of aliphatic imine (C=N–C) groups is 1. The molecule has 0 bridgehead atoms. The molecule has 37 heavy (non-hydrogen) atoms. The van der Waals surface area contributed by atoms with Gasteiger partial charge >= 0.3 is 6.18 Å². The number of fused-ring (bicyclic) bond motifs is 1. The van der Waals surface area contributed by atoms with Gasteiger partial charge in [-0.05, 0) is 18.9 Å². The lowest BCUT2D eigenvalue weighted by Crippen LogP contribution is -2.53. The highest BCUT2D eigenvalue weighted by atomic mass is 19.4. The monoisotopic (exact) mass is 516 g/mol. The second-order valence-electron chi connectivity index (χ2n) is 9.14. The van der Waals surface area contributed by atoms with Crippen molar-refractivity contribution >= 4 is 29.1 Å². The number of rotatable bonds is 9. The van der Waals surface area contributed by atoms with E-state index in [1.807, 2.05) is 68.4 Å². The number of hydrogen-bond acceptors (Lipinski definition) is 4. The number of carbonyl (C=O) groups excluding carboxylic acids is 3. The first-order valence-electron chi connectivity index (χ1n) is 12.2. The predicted molar refractivity (Wildman–Crippen MR) is 135 cm³/mol. The van der Waals surface area contributed by atoms with Crippen molar-refractivity contribution in [2.45, 2.75) is 58.4 Å². The molecule has 3 rings (SSSR count). The molecule has 10 heteroatoms. The van der Waals surface area contributed by atoms with Crippen LogP contribution in [0.2, 0.25) is 0 Å². The summed E-state index contributed by atoms with van der Waals surface area (Å²) < 4.78 is 37.3. The van der Waals surface area contributed by atoms with Gasteiger partial charge in [0.25, 0.3) is 5.91 Å². The number of para-hydroxylation sites is 1. The van der Waals surface area contributed by atoms with Crippen molar-refractivity contribution in [2.75, 3.05) is 11.4 Å². The van der Waals surface area contributed by atoms with E-state index < -0.39 is 48.9 Å². The molecule has 7 nitrogen and oxygen atoms in total. The maximum atomic E-state index is 13.7. The van der Waals surface area contributed by atoms with Crippen LogP contribution in [-0.2, 0) is 14.4 Å². The number of benzodiazepines with no additional fused rings is 1. The van der Waals surface area contributed by atoms with Gasteiger partial charge in [-0.1, -0.05) is 68.8 Å². The van der Waals surface area contributed by atoms with Gasteiger partial charge in [0, 0.05) is 24.1 Å². The van der Waals surface area contributed by atoms with Crippen LogP contribution in [0.4, 0.5) is 18.9 Å². The van der Waals surface area contributed by atoms with Crippen LogP contribution >= 0.6 is 0 Å². The number of nitrogens with one attached hydrogen (secondary N) is 2. The highest BCUT2D eigenvalue weighted by Gasteiger charge is 2.34. The molecule has 2 aromatic carbocycles. The van der Waals surface area contributed by atoms with Crippen molar-refractivity contribution in [1.29, 1.82) is 0 Å². The van der Waals surface area contributed by atoms with Gasteiger partial charge < -0.3 is 15.5 Å². The fourth-order valence-corrected chi connectivity index (χ4v) is 3.87. The Labute approximate surface area is 214 Å². The van der Waals surface area contributed by atoms with Gasteiger partial charge in [-0.2, -0.15) is 13.2 Å². The van der Waals surface area contributed by atoms with Crippen LogP contribution in [0.5, 0.6) is 0 Å². The summed E-state index contributed by atoms with van der Waals surface area (Å²) in [5.41, 5.74) is 2.67. The van der Waals surface area contributed by atoms with Gasteiger partial charge in [-0.3, -0.25) is 14.4 Å². The summed E-state index contributed by atoms with van der Waals surface area (Å²) in [5, 5.41) is 4.85. The fourth-order valence-electron chi connectivity index (χ4n) is 3.87. The molecule has 1 aliphatic heterocycles. The zero-order valence-corrected chi connectivity index (χ0v) is 21.0. The molecular weight excluding hydrogens is 485 g/mol. The molecule has 0 saturated heterocycles. The van der Waals surface area contributed by atoms with E-state index >= 15 is 0 Å². The summed E-state index contributed by atoms with van der Waals surface area (Å²) in [4.78, 5) is 44.8. The van der Waals surface area contributed by atoms with E-state index in [4.69, 9.17) is 0 Å². The van der Waals surface area contributed by atoms with Crippen molar-refractivity contribution in [3.8, 4) is 0 Å². The van der Waals surface area contributed by atoms with Crippen LogP contribution in [-0.4, -0.2) is 48.4 Å². The first-order valence-corrected chi connectivity index (χ1v) is 12.2. The van der Waals surface area contributed by atoms with E-state index in [0.717, 1.165) is 17.5 Å². The van der Waals surface area contributed by atoms with Crippen LogP contribution in [0.3, 0.4) is 0 Å². The maximum Gasteiger partial charge on any atom is 0.389 e. The SMILES string of the molecule is CCC(C)CN1C(=O)C(NC(=O)[C@H](C)NC(=O)CCC(F)(F)F)N=C(c2ccccc2)c2ccccc21. The number of anilines is 1. The predicted octanol–water partition coefficient (Wildman–Crippen LogP) is 4.21. The van der Waals surface area contributed by atoms with Crippen molar-refractivity contribution in [2.24, 2.45) is 10.9 Å². The standard InChI is InChI=1S/C27H31F3N4O3/c1-4-17(2)16-34-21-13-9-8-12-20(21)23(19-10-6-5-7-11-19)32-24(26(34)37)33-25(36)18(3)31-22(35)14-15-27(28,29)30/h5-13,17-18,24H,4,14-16H2,1-3H3,(H,31,35)(H,33,36)/t17?,18-,24?/m0/s1. The minimum absolute atomic E-state index is 0.165. The summed E-state index contributed by atoms with van der Waals surface area (Å²) in [6.45, 7) is 5.79. The summed E-state index contributed by atoms with van der Waals surface area (Å²) in [5.74, 6) is -1.92. The minimum Gasteiger partial charge on any atom is -0.345 e. The van der Waals surface area contributed by atoms with E-state index in [1.165, 1.54) is 6.92 Å². The zero-order valence-electron chi connectivity index (χ0n) is 21.0. The Hall–Kier alpha value is -3.69. The van der Waals surface area contributed by atoms with E-state index in [2.05, 4.69) is 15.6 Å². The average molecular weight is 517 g/mol. The molecule has 2 aromatic rings. The fraction of sp³-hybridized carbons (Fsp3) is 0.407. The number of halogens is 3. The van der Waals surface area contributed by atoms with Gasteiger partial charge in [0.05, 0.1) is 17.8 Å². The normalized spacial score (nSPS) is 17.2. The molecule has 2 unspecified atom stereocenters. The molecule has 0 spiro atoms. The van der Waals surface area contributed by atoms with Gasteiger partial charge in [-0.25, -0.2) is 4.99 Å². The molecule has 1 heterocycles. The minimum atomic E-state index is -4.48. The van der Waals surface area contributed by atoms with Crippen LogP contribution < -0.4 is 15.5 Å². The number of amides is 3. The number of nitrogens with zero attached hydrogens (tertiary/aromatic N) is 2. The molecular formula is C27H31F3N4O3. The van der Waals surface area contributed by atoms with Crippen LogP contribution in [0.25, 0.3) is 0 Å². The first kappa shape index (κ1) is 27.9. The Balaban J connectivity index is 1.92. The van der Waals surface area contributed by atoms with E-state index in [-0.39, 0.29) is 5.92 Å². The molecule has 0 aliphatic carbocycles. The van der Waals surface area contributed by atoms with E-state index in [9.17, 15) is 27.6 Å². The lowest BCUT2D eigenvalue weighted by Gasteiger charge is -2.28. The number of alkyl halides is 3. The Kier molecular flexibility index (Phi) is 9.07. The molecule has 0 aromatic heterocycles. The maximum absolute atomic E-state index is 13.7. The van der Waals surface area contributed by atoms with Crippen LogP contribution in [0.1, 0.15) is 51.2 Å². The Bertz CT molecular complexity index is 1150. The Morgan fingerprint density at radius 3 is 2.35 bits per heavy atom. The van der Waals surface area contributed by atoms with Crippen LogP contribution in [0.15, 0.2) is 59.6 Å². The molecule has 1 aliphatic rings. The topological polar surface area (TPSA) is 90.9 Å². The number of benzene rings is 2. The van der Waals surface area contributed by atoms with E-state index in [0.29, 0.717) is 17.9 Å². The number of carbonyl (C=O) groups is 3. The second kappa shape index (κ2) is 12.0. The Morgan fingerprint density at radius 2 is 1.70 bits per heavy atom. The van der Waals surface area contributed by atoms with Crippen molar-refractivity contribution in [1.82, 2.24) is 10.6 Å². The zero-order chi connectivity index (χ0) is 27.2.